The first kappa shape index (κ1) is 9.14. The van der Waals surface area contributed by atoms with Gasteiger partial charge in [0.05, 0.1) is 6.10 Å². The van der Waals surface area contributed by atoms with Gasteiger partial charge < -0.3 is 5.11 Å². The van der Waals surface area contributed by atoms with Crippen LogP contribution in [0.15, 0.2) is 12.2 Å². The van der Waals surface area contributed by atoms with Crippen LogP contribution in [0.4, 0.5) is 0 Å². The molecule has 0 heterocycles. The highest BCUT2D eigenvalue weighted by molar-refractivity contribution is 7.81. The van der Waals surface area contributed by atoms with Crippen LogP contribution in [0.3, 0.4) is 0 Å². The van der Waals surface area contributed by atoms with Crippen LogP contribution in [-0.4, -0.2) is 16.5 Å². The molecule has 1 saturated carbocycles. The van der Waals surface area contributed by atoms with Crippen LogP contribution in [0.5, 0.6) is 0 Å². The molecule has 1 nitrogen and oxygen atoms in total. The molecule has 0 aliphatic heterocycles. The van der Waals surface area contributed by atoms with Gasteiger partial charge in [-0.15, -0.1) is 0 Å². The van der Waals surface area contributed by atoms with E-state index in [9.17, 15) is 5.11 Å². The fraction of sp³-hybridized carbons (Fsp3) is 0.778. The third-order valence-corrected chi connectivity index (χ3v) is 2.89. The zero-order valence-electron chi connectivity index (χ0n) is 6.90. The van der Waals surface area contributed by atoms with E-state index < -0.39 is 0 Å². The first-order valence-electron chi connectivity index (χ1n) is 4.23. The molecule has 0 aromatic carbocycles. The summed E-state index contributed by atoms with van der Waals surface area (Å²) in [7, 11) is 0. The van der Waals surface area contributed by atoms with E-state index in [-0.39, 0.29) is 11.4 Å². The van der Waals surface area contributed by atoms with Crippen molar-refractivity contribution in [3.05, 3.63) is 12.2 Å². The minimum atomic E-state index is -0.201. The Labute approximate surface area is 73.9 Å². The summed E-state index contributed by atoms with van der Waals surface area (Å²) in [6.45, 7) is 2.03. The van der Waals surface area contributed by atoms with Gasteiger partial charge in [-0.2, -0.15) is 12.6 Å². The van der Waals surface area contributed by atoms with Gasteiger partial charge in [-0.25, -0.2) is 0 Å². The second-order valence-corrected chi connectivity index (χ2v) is 3.90. The van der Waals surface area contributed by atoms with E-state index in [1.807, 2.05) is 6.92 Å². The summed E-state index contributed by atoms with van der Waals surface area (Å²) in [5.41, 5.74) is 0. The Morgan fingerprint density at radius 1 is 1.45 bits per heavy atom. The lowest BCUT2D eigenvalue weighted by molar-refractivity contribution is 0.120. The smallest absolute Gasteiger partial charge is 0.0661 e. The maximum atomic E-state index is 9.46. The van der Waals surface area contributed by atoms with Gasteiger partial charge >= 0.3 is 0 Å². The summed E-state index contributed by atoms with van der Waals surface area (Å²) in [4.78, 5) is 0. The Morgan fingerprint density at radius 2 is 2.18 bits per heavy atom. The summed E-state index contributed by atoms with van der Waals surface area (Å²) in [6, 6.07) is 0. The standard InChI is InChI=1S/C9H16OS/c1-2-3-7-4-5-9(11)8(10)6-7/h2-3,7-11H,4-6H2,1H3/b3-2-/t7?,8-,9?/m1/s1. The lowest BCUT2D eigenvalue weighted by Gasteiger charge is -2.28. The summed E-state index contributed by atoms with van der Waals surface area (Å²) in [5, 5.41) is 9.67. The predicted octanol–water partition coefficient (Wildman–Crippen LogP) is 2.02. The van der Waals surface area contributed by atoms with E-state index in [0.717, 1.165) is 12.8 Å². The van der Waals surface area contributed by atoms with Crippen molar-refractivity contribution in [2.75, 3.05) is 0 Å². The molecular formula is C9H16OS. The van der Waals surface area contributed by atoms with E-state index in [1.54, 1.807) is 0 Å². The number of hydrogen-bond acceptors (Lipinski definition) is 2. The van der Waals surface area contributed by atoms with Crippen LogP contribution in [0.2, 0.25) is 0 Å². The molecule has 64 valence electrons. The first-order chi connectivity index (χ1) is 5.24. The van der Waals surface area contributed by atoms with E-state index in [4.69, 9.17) is 0 Å². The van der Waals surface area contributed by atoms with Crippen molar-refractivity contribution in [3.63, 3.8) is 0 Å². The molecule has 0 bridgehead atoms. The molecular weight excluding hydrogens is 156 g/mol. The van der Waals surface area contributed by atoms with Gasteiger partial charge in [0.25, 0.3) is 0 Å². The topological polar surface area (TPSA) is 20.2 Å². The predicted molar refractivity (Wildman–Crippen MR) is 50.9 cm³/mol. The van der Waals surface area contributed by atoms with Crippen molar-refractivity contribution >= 4 is 12.6 Å². The van der Waals surface area contributed by atoms with Crippen LogP contribution < -0.4 is 0 Å². The highest BCUT2D eigenvalue weighted by Crippen LogP contribution is 2.28. The molecule has 0 amide bonds. The average molecular weight is 172 g/mol. The molecule has 0 spiro atoms. The Kier molecular flexibility index (Phi) is 3.46. The van der Waals surface area contributed by atoms with E-state index >= 15 is 0 Å². The fourth-order valence-corrected chi connectivity index (χ4v) is 1.88. The second-order valence-electron chi connectivity index (χ2n) is 3.23. The van der Waals surface area contributed by atoms with Gasteiger partial charge in [0.15, 0.2) is 0 Å². The molecule has 1 fully saturated rings. The van der Waals surface area contributed by atoms with Crippen molar-refractivity contribution < 1.29 is 5.11 Å². The van der Waals surface area contributed by atoms with Crippen molar-refractivity contribution in [2.24, 2.45) is 5.92 Å². The molecule has 1 aliphatic rings. The van der Waals surface area contributed by atoms with Gasteiger partial charge in [-0.3, -0.25) is 0 Å². The maximum absolute atomic E-state index is 9.46. The third-order valence-electron chi connectivity index (χ3n) is 2.29. The molecule has 11 heavy (non-hydrogen) atoms. The zero-order valence-corrected chi connectivity index (χ0v) is 7.80. The van der Waals surface area contributed by atoms with Gasteiger partial charge in [-0.1, -0.05) is 12.2 Å². The number of allylic oxidation sites excluding steroid dienone is 2. The number of rotatable bonds is 1. The zero-order chi connectivity index (χ0) is 8.27. The van der Waals surface area contributed by atoms with E-state index in [0.29, 0.717) is 5.92 Å². The maximum Gasteiger partial charge on any atom is 0.0661 e. The Hall–Kier alpha value is 0.0500. The van der Waals surface area contributed by atoms with E-state index in [2.05, 4.69) is 24.8 Å². The minimum Gasteiger partial charge on any atom is -0.392 e. The minimum absolute atomic E-state index is 0.201. The molecule has 3 atom stereocenters. The average Bonchev–Trinajstić information content (AvgIpc) is 1.98. The van der Waals surface area contributed by atoms with Crippen LogP contribution in [0.25, 0.3) is 0 Å². The Bertz CT molecular complexity index is 144. The summed E-state index contributed by atoms with van der Waals surface area (Å²) in [5.74, 6) is 0.582. The van der Waals surface area contributed by atoms with Gasteiger partial charge in [0.2, 0.25) is 0 Å². The largest absolute Gasteiger partial charge is 0.392 e. The number of aliphatic hydroxyl groups is 1. The number of hydrogen-bond donors (Lipinski definition) is 2. The van der Waals surface area contributed by atoms with E-state index in [1.165, 1.54) is 6.42 Å². The van der Waals surface area contributed by atoms with Gasteiger partial charge in [0.1, 0.15) is 0 Å². The summed E-state index contributed by atoms with van der Waals surface area (Å²) >= 11 is 4.29. The highest BCUT2D eigenvalue weighted by Gasteiger charge is 2.24. The summed E-state index contributed by atoms with van der Waals surface area (Å²) in [6.07, 6.45) is 7.15. The highest BCUT2D eigenvalue weighted by atomic mass is 32.1. The lowest BCUT2D eigenvalue weighted by atomic mass is 9.87. The molecule has 2 unspecified atom stereocenters. The van der Waals surface area contributed by atoms with Crippen LogP contribution in [0.1, 0.15) is 26.2 Å². The van der Waals surface area contributed by atoms with Crippen molar-refractivity contribution in [1.29, 1.82) is 0 Å². The number of thiol groups is 1. The summed E-state index contributed by atoms with van der Waals surface area (Å²) < 4.78 is 0. The normalized spacial score (nSPS) is 39.7. The van der Waals surface area contributed by atoms with Crippen molar-refractivity contribution in [3.8, 4) is 0 Å². The Balaban J connectivity index is 2.39. The monoisotopic (exact) mass is 172 g/mol. The van der Waals surface area contributed by atoms with Gasteiger partial charge in [0, 0.05) is 5.25 Å². The molecule has 0 aromatic heterocycles. The van der Waals surface area contributed by atoms with Crippen molar-refractivity contribution in [2.45, 2.75) is 37.5 Å². The van der Waals surface area contributed by atoms with Crippen LogP contribution in [-0.2, 0) is 0 Å². The molecule has 0 radical (unpaired) electrons. The second kappa shape index (κ2) is 4.17. The molecule has 0 saturated heterocycles. The third kappa shape index (κ3) is 2.53. The first-order valence-corrected chi connectivity index (χ1v) is 4.74. The molecule has 1 N–H and O–H groups in total. The van der Waals surface area contributed by atoms with Crippen LogP contribution >= 0.6 is 12.6 Å². The quantitative estimate of drug-likeness (QED) is 0.458. The Morgan fingerprint density at radius 3 is 2.73 bits per heavy atom. The SMILES string of the molecule is C/C=C\C1CCC(S)[C@H](O)C1. The van der Waals surface area contributed by atoms with Crippen LogP contribution in [0, 0.1) is 5.92 Å². The van der Waals surface area contributed by atoms with Crippen molar-refractivity contribution in [1.82, 2.24) is 0 Å². The molecule has 0 aromatic rings. The fourth-order valence-electron chi connectivity index (χ4n) is 1.61. The molecule has 1 aliphatic carbocycles. The molecule has 1 rings (SSSR count). The lowest BCUT2D eigenvalue weighted by Crippen LogP contribution is -2.29. The molecule has 2 heteroatoms. The number of aliphatic hydroxyl groups excluding tert-OH is 1. The van der Waals surface area contributed by atoms with Gasteiger partial charge in [-0.05, 0) is 32.1 Å².